The molecule has 7 nitrogen and oxygen atoms in total. The van der Waals surface area contributed by atoms with Gasteiger partial charge >= 0.3 is 0 Å². The van der Waals surface area contributed by atoms with Crippen molar-refractivity contribution in [3.63, 3.8) is 0 Å². The fourth-order valence-electron chi connectivity index (χ4n) is 4.39. The largest absolute Gasteiger partial charge is 0.490 e. The van der Waals surface area contributed by atoms with E-state index in [1.165, 1.54) is 6.33 Å². The molecule has 0 unspecified atom stereocenters. The van der Waals surface area contributed by atoms with Crippen LogP contribution in [0.4, 0.5) is 5.82 Å². The number of ether oxygens (including phenoxy) is 1. The van der Waals surface area contributed by atoms with Crippen LogP contribution in [0.5, 0.6) is 5.75 Å². The van der Waals surface area contributed by atoms with E-state index in [4.69, 9.17) is 21.0 Å². The molecule has 0 saturated heterocycles. The molecule has 2 aliphatic carbocycles. The Kier molecular flexibility index (Phi) is 5.40. The van der Waals surface area contributed by atoms with Crippen LogP contribution in [0.2, 0.25) is 0 Å². The molecule has 1 aromatic heterocycles. The van der Waals surface area contributed by atoms with Gasteiger partial charge in [-0.25, -0.2) is 9.97 Å². The molecular weight excluding hydrogens is 378 g/mol. The predicted octanol–water partition coefficient (Wildman–Crippen LogP) is 3.79. The van der Waals surface area contributed by atoms with Crippen LogP contribution in [-0.4, -0.2) is 33.9 Å². The molecule has 1 heterocycles. The molecule has 2 aromatic rings. The van der Waals surface area contributed by atoms with E-state index in [0.717, 1.165) is 59.5 Å². The number of nitrogens with zero attached hydrogens (tertiary/aromatic N) is 3. The van der Waals surface area contributed by atoms with Crippen molar-refractivity contribution < 1.29 is 9.57 Å². The quantitative estimate of drug-likeness (QED) is 0.744. The second-order valence-electron chi connectivity index (χ2n) is 9.06. The summed E-state index contributed by atoms with van der Waals surface area (Å²) in [4.78, 5) is 14.5. The zero-order valence-electron chi connectivity index (χ0n) is 18.2. The lowest BCUT2D eigenvalue weighted by molar-refractivity contribution is 0.0847. The molecule has 0 atom stereocenters. The fraction of sp³-hybridized carbons (Fsp3) is 0.522. The average Bonchev–Trinajstić information content (AvgIpc) is 2.69. The number of oxime groups is 1. The number of rotatable bonds is 4. The highest BCUT2D eigenvalue weighted by Crippen LogP contribution is 2.45. The van der Waals surface area contributed by atoms with Crippen LogP contribution >= 0.6 is 0 Å². The maximum absolute atomic E-state index is 6.31. The second-order valence-corrected chi connectivity index (χ2v) is 9.06. The molecule has 0 aliphatic heterocycles. The molecular formula is C23H31N5O2. The Morgan fingerprint density at radius 2 is 1.83 bits per heavy atom. The highest BCUT2D eigenvalue weighted by atomic mass is 16.6. The first-order chi connectivity index (χ1) is 14.3. The normalized spacial score (nSPS) is 23.7. The first-order valence-corrected chi connectivity index (χ1v) is 10.7. The zero-order chi connectivity index (χ0) is 21.5. The van der Waals surface area contributed by atoms with E-state index < -0.39 is 5.41 Å². The molecule has 4 N–H and O–H groups in total. The lowest BCUT2D eigenvalue weighted by Gasteiger charge is -2.35. The van der Waals surface area contributed by atoms with E-state index in [2.05, 4.69) is 35.0 Å². The van der Waals surface area contributed by atoms with Gasteiger partial charge in [-0.15, -0.1) is 0 Å². The molecule has 7 heteroatoms. The Labute approximate surface area is 177 Å². The topological polar surface area (TPSA) is 109 Å². The number of nitrogen functional groups attached to an aromatic ring is 1. The van der Waals surface area contributed by atoms with E-state index in [9.17, 15) is 0 Å². The minimum Gasteiger partial charge on any atom is -0.490 e. The molecule has 1 saturated carbocycles. The van der Waals surface area contributed by atoms with Crippen molar-refractivity contribution in [2.24, 2.45) is 10.9 Å². The zero-order valence-corrected chi connectivity index (χ0v) is 18.2. The van der Waals surface area contributed by atoms with Crippen molar-refractivity contribution in [3.05, 3.63) is 35.7 Å². The van der Waals surface area contributed by atoms with E-state index in [-0.39, 0.29) is 12.2 Å². The number of hydrogen-bond donors (Lipinski definition) is 2. The van der Waals surface area contributed by atoms with Gasteiger partial charge < -0.3 is 21.0 Å². The Morgan fingerprint density at radius 3 is 2.53 bits per heavy atom. The molecule has 1 aromatic carbocycles. The van der Waals surface area contributed by atoms with Gasteiger partial charge in [0, 0.05) is 28.1 Å². The number of benzene rings is 1. The van der Waals surface area contributed by atoms with Crippen LogP contribution in [0.1, 0.15) is 64.5 Å². The molecule has 4 rings (SSSR count). The third-order valence-electron chi connectivity index (χ3n) is 5.97. The monoisotopic (exact) mass is 409 g/mol. The highest BCUT2D eigenvalue weighted by Gasteiger charge is 2.41. The van der Waals surface area contributed by atoms with Crippen LogP contribution in [0.3, 0.4) is 0 Å². The van der Waals surface area contributed by atoms with Gasteiger partial charge in [-0.1, -0.05) is 5.16 Å². The molecule has 0 bridgehead atoms. The Bertz CT molecular complexity index is 962. The SMILES string of the molecule is CC(C)O/N=C1/c2cc(OC3CCC(N)CC3)ccc2-c2ncnc(N)c2C1(C)C. The maximum atomic E-state index is 6.31. The van der Waals surface area contributed by atoms with Crippen molar-refractivity contribution >= 4 is 11.5 Å². The van der Waals surface area contributed by atoms with Crippen molar-refractivity contribution in [2.45, 2.75) is 77.0 Å². The number of nitrogens with two attached hydrogens (primary N) is 2. The minimum absolute atomic E-state index is 0.0339. The van der Waals surface area contributed by atoms with Gasteiger partial charge in [-0.3, -0.25) is 0 Å². The number of aromatic nitrogens is 2. The van der Waals surface area contributed by atoms with Crippen LogP contribution in [0.15, 0.2) is 29.7 Å². The van der Waals surface area contributed by atoms with Gasteiger partial charge in [0.05, 0.1) is 17.5 Å². The van der Waals surface area contributed by atoms with Crippen LogP contribution < -0.4 is 16.2 Å². The van der Waals surface area contributed by atoms with E-state index in [1.54, 1.807) is 0 Å². The van der Waals surface area contributed by atoms with Gasteiger partial charge in [0.2, 0.25) is 0 Å². The molecule has 0 spiro atoms. The molecule has 1 fully saturated rings. The summed E-state index contributed by atoms with van der Waals surface area (Å²) >= 11 is 0. The van der Waals surface area contributed by atoms with E-state index in [0.29, 0.717) is 11.9 Å². The van der Waals surface area contributed by atoms with Crippen LogP contribution in [0, 0.1) is 0 Å². The second kappa shape index (κ2) is 7.87. The van der Waals surface area contributed by atoms with Gasteiger partial charge in [-0.05, 0) is 71.6 Å². The lowest BCUT2D eigenvalue weighted by Crippen LogP contribution is -2.36. The Hall–Kier alpha value is -2.67. The van der Waals surface area contributed by atoms with Gasteiger partial charge in [0.25, 0.3) is 0 Å². The Balaban J connectivity index is 1.78. The summed E-state index contributed by atoms with van der Waals surface area (Å²) in [6, 6.07) is 6.37. The standard InChI is InChI=1S/C23H31N5O2/c1-13(2)30-28-21-18-11-16(29-15-7-5-14(24)6-8-15)9-10-17(18)20-19(23(21,3)4)22(25)27-12-26-20/h9-15H,5-8,24H2,1-4H3,(H2,25,26,27)/b28-21-. The fourth-order valence-corrected chi connectivity index (χ4v) is 4.39. The van der Waals surface area contributed by atoms with E-state index in [1.807, 2.05) is 26.0 Å². The highest BCUT2D eigenvalue weighted by molar-refractivity contribution is 6.15. The molecule has 30 heavy (non-hydrogen) atoms. The van der Waals surface area contributed by atoms with E-state index >= 15 is 0 Å². The molecule has 0 radical (unpaired) electrons. The third kappa shape index (κ3) is 3.74. The summed E-state index contributed by atoms with van der Waals surface area (Å²) < 4.78 is 6.31. The molecule has 0 amide bonds. The molecule has 2 aliphatic rings. The summed E-state index contributed by atoms with van der Waals surface area (Å²) in [5.74, 6) is 1.29. The average molecular weight is 410 g/mol. The Morgan fingerprint density at radius 1 is 1.10 bits per heavy atom. The summed E-state index contributed by atoms with van der Waals surface area (Å²) in [7, 11) is 0. The molecule has 160 valence electrons. The first kappa shape index (κ1) is 20.6. The predicted molar refractivity (Wildman–Crippen MR) is 119 cm³/mol. The summed E-state index contributed by atoms with van der Waals surface area (Å²) in [5, 5.41) is 4.55. The summed E-state index contributed by atoms with van der Waals surface area (Å²) in [5.41, 5.74) is 16.2. The maximum Gasteiger partial charge on any atom is 0.131 e. The lowest BCUT2D eigenvalue weighted by atomic mass is 9.70. The summed E-state index contributed by atoms with van der Waals surface area (Å²) in [6.07, 6.45) is 5.63. The van der Waals surface area contributed by atoms with Crippen LogP contribution in [0.25, 0.3) is 11.3 Å². The smallest absolute Gasteiger partial charge is 0.131 e. The van der Waals surface area contributed by atoms with Crippen molar-refractivity contribution in [1.82, 2.24) is 9.97 Å². The third-order valence-corrected chi connectivity index (χ3v) is 5.97. The van der Waals surface area contributed by atoms with Gasteiger partial charge in [0.1, 0.15) is 24.0 Å². The van der Waals surface area contributed by atoms with Gasteiger partial charge in [0.15, 0.2) is 0 Å². The van der Waals surface area contributed by atoms with Crippen molar-refractivity contribution in [1.29, 1.82) is 0 Å². The van der Waals surface area contributed by atoms with Crippen molar-refractivity contribution in [2.75, 3.05) is 5.73 Å². The summed E-state index contributed by atoms with van der Waals surface area (Å²) in [6.45, 7) is 8.07. The first-order valence-electron chi connectivity index (χ1n) is 10.7. The minimum atomic E-state index is -0.515. The number of hydrogen-bond acceptors (Lipinski definition) is 7. The van der Waals surface area contributed by atoms with Gasteiger partial charge in [-0.2, -0.15) is 0 Å². The van der Waals surface area contributed by atoms with Crippen molar-refractivity contribution in [3.8, 4) is 17.0 Å². The van der Waals surface area contributed by atoms with Crippen LogP contribution in [-0.2, 0) is 10.3 Å². The number of fused-ring (bicyclic) bond motifs is 3. The number of anilines is 1.